The van der Waals surface area contributed by atoms with Crippen molar-refractivity contribution >= 4 is 15.9 Å². The molecular formula is C16H18BrN. The van der Waals surface area contributed by atoms with Crippen LogP contribution < -0.4 is 5.32 Å². The van der Waals surface area contributed by atoms with Crippen molar-refractivity contribution in [2.24, 2.45) is 0 Å². The van der Waals surface area contributed by atoms with Crippen LogP contribution in [-0.4, -0.2) is 0 Å². The van der Waals surface area contributed by atoms with E-state index < -0.39 is 0 Å². The Kier molecular flexibility index (Phi) is 4.56. The summed E-state index contributed by atoms with van der Waals surface area (Å²) >= 11 is 3.46. The summed E-state index contributed by atoms with van der Waals surface area (Å²) in [5.74, 6) is 0. The molecule has 0 amide bonds. The van der Waals surface area contributed by atoms with Crippen molar-refractivity contribution in [2.75, 3.05) is 0 Å². The lowest BCUT2D eigenvalue weighted by Crippen LogP contribution is -2.17. The summed E-state index contributed by atoms with van der Waals surface area (Å²) in [4.78, 5) is 0. The molecule has 0 saturated heterocycles. The first kappa shape index (κ1) is 13.3. The average Bonchev–Trinajstić information content (AvgIpc) is 2.38. The van der Waals surface area contributed by atoms with Crippen LogP contribution in [0.2, 0.25) is 0 Å². The molecule has 2 rings (SSSR count). The molecule has 0 saturated carbocycles. The summed E-state index contributed by atoms with van der Waals surface area (Å²) in [6.45, 7) is 5.20. The molecule has 0 aliphatic heterocycles. The van der Waals surface area contributed by atoms with Crippen molar-refractivity contribution < 1.29 is 0 Å². The van der Waals surface area contributed by atoms with Gasteiger partial charge in [-0.05, 0) is 37.1 Å². The van der Waals surface area contributed by atoms with Gasteiger partial charge in [0.1, 0.15) is 0 Å². The van der Waals surface area contributed by atoms with Crippen molar-refractivity contribution in [2.45, 2.75) is 26.4 Å². The van der Waals surface area contributed by atoms with Crippen LogP contribution in [0.15, 0.2) is 53.0 Å². The van der Waals surface area contributed by atoms with Gasteiger partial charge in [0, 0.05) is 17.1 Å². The first-order chi connectivity index (χ1) is 8.65. The highest BCUT2D eigenvalue weighted by atomic mass is 79.9. The summed E-state index contributed by atoms with van der Waals surface area (Å²) in [7, 11) is 0. The van der Waals surface area contributed by atoms with E-state index in [4.69, 9.17) is 0 Å². The molecule has 0 unspecified atom stereocenters. The van der Waals surface area contributed by atoms with Crippen LogP contribution in [0.5, 0.6) is 0 Å². The Hall–Kier alpha value is -1.12. The Labute approximate surface area is 117 Å². The van der Waals surface area contributed by atoms with Gasteiger partial charge in [-0.2, -0.15) is 0 Å². The van der Waals surface area contributed by atoms with Crippen molar-refractivity contribution in [3.8, 4) is 0 Å². The molecule has 0 fully saturated rings. The number of rotatable bonds is 4. The van der Waals surface area contributed by atoms with Crippen molar-refractivity contribution in [3.63, 3.8) is 0 Å². The second kappa shape index (κ2) is 6.17. The molecule has 94 valence electrons. The normalized spacial score (nSPS) is 12.4. The Morgan fingerprint density at radius 3 is 2.22 bits per heavy atom. The fourth-order valence-corrected chi connectivity index (χ4v) is 2.11. The van der Waals surface area contributed by atoms with Gasteiger partial charge in [-0.25, -0.2) is 0 Å². The summed E-state index contributed by atoms with van der Waals surface area (Å²) in [5.41, 5.74) is 3.94. The van der Waals surface area contributed by atoms with Crippen molar-refractivity contribution in [3.05, 3.63) is 69.7 Å². The highest BCUT2D eigenvalue weighted by Gasteiger charge is 2.04. The molecule has 0 heterocycles. The molecule has 2 aromatic carbocycles. The fraction of sp³-hybridized carbons (Fsp3) is 0.250. The van der Waals surface area contributed by atoms with Crippen LogP contribution in [0.25, 0.3) is 0 Å². The van der Waals surface area contributed by atoms with Crippen LogP contribution in [-0.2, 0) is 6.54 Å². The Balaban J connectivity index is 1.93. The highest BCUT2D eigenvalue weighted by Crippen LogP contribution is 2.17. The van der Waals surface area contributed by atoms with E-state index in [-0.39, 0.29) is 0 Å². The van der Waals surface area contributed by atoms with Crippen LogP contribution in [0.3, 0.4) is 0 Å². The summed E-state index contributed by atoms with van der Waals surface area (Å²) in [6, 6.07) is 17.5. The smallest absolute Gasteiger partial charge is 0.0294 e. The molecule has 18 heavy (non-hydrogen) atoms. The molecule has 1 nitrogen and oxygen atoms in total. The molecule has 1 atom stereocenters. The van der Waals surface area contributed by atoms with E-state index in [9.17, 15) is 0 Å². The number of hydrogen-bond acceptors (Lipinski definition) is 1. The van der Waals surface area contributed by atoms with E-state index in [1.54, 1.807) is 0 Å². The van der Waals surface area contributed by atoms with E-state index in [2.05, 4.69) is 83.6 Å². The molecule has 0 aromatic heterocycles. The summed E-state index contributed by atoms with van der Waals surface area (Å²) < 4.78 is 1.12. The molecule has 1 N–H and O–H groups in total. The predicted octanol–water partition coefficient (Wildman–Crippen LogP) is 4.61. The maximum absolute atomic E-state index is 3.54. The van der Waals surface area contributed by atoms with E-state index in [0.29, 0.717) is 6.04 Å². The predicted molar refractivity (Wildman–Crippen MR) is 80.6 cm³/mol. The van der Waals surface area contributed by atoms with Crippen molar-refractivity contribution in [1.29, 1.82) is 0 Å². The first-order valence-corrected chi connectivity index (χ1v) is 6.99. The lowest BCUT2D eigenvalue weighted by atomic mass is 10.1. The van der Waals surface area contributed by atoms with Gasteiger partial charge in [-0.3, -0.25) is 0 Å². The monoisotopic (exact) mass is 303 g/mol. The van der Waals surface area contributed by atoms with Gasteiger partial charge in [0.25, 0.3) is 0 Å². The minimum absolute atomic E-state index is 0.361. The van der Waals surface area contributed by atoms with Gasteiger partial charge >= 0.3 is 0 Å². The third kappa shape index (κ3) is 3.69. The highest BCUT2D eigenvalue weighted by molar-refractivity contribution is 9.10. The van der Waals surface area contributed by atoms with E-state index in [1.807, 2.05) is 0 Å². The third-order valence-corrected chi connectivity index (χ3v) is 3.63. The zero-order valence-corrected chi connectivity index (χ0v) is 12.4. The molecule has 2 heteroatoms. The van der Waals surface area contributed by atoms with Crippen LogP contribution in [0, 0.1) is 6.92 Å². The van der Waals surface area contributed by atoms with Gasteiger partial charge in [-0.15, -0.1) is 0 Å². The Morgan fingerprint density at radius 2 is 1.61 bits per heavy atom. The zero-order chi connectivity index (χ0) is 13.0. The zero-order valence-electron chi connectivity index (χ0n) is 10.8. The van der Waals surface area contributed by atoms with E-state index in [0.717, 1.165) is 11.0 Å². The molecular weight excluding hydrogens is 286 g/mol. The van der Waals surface area contributed by atoms with Gasteiger partial charge in [0.05, 0.1) is 0 Å². The Morgan fingerprint density at radius 1 is 1.00 bits per heavy atom. The number of benzene rings is 2. The van der Waals surface area contributed by atoms with E-state index in [1.165, 1.54) is 16.7 Å². The van der Waals surface area contributed by atoms with Gasteiger partial charge in [0.15, 0.2) is 0 Å². The topological polar surface area (TPSA) is 12.0 Å². The minimum atomic E-state index is 0.361. The molecule has 0 radical (unpaired) electrons. The maximum atomic E-state index is 3.54. The van der Waals surface area contributed by atoms with E-state index >= 15 is 0 Å². The largest absolute Gasteiger partial charge is 0.306 e. The molecule has 0 spiro atoms. The van der Waals surface area contributed by atoms with Crippen molar-refractivity contribution in [1.82, 2.24) is 5.32 Å². The second-order valence-electron chi connectivity index (χ2n) is 4.64. The van der Waals surface area contributed by atoms with Gasteiger partial charge in [-0.1, -0.05) is 57.9 Å². The maximum Gasteiger partial charge on any atom is 0.0294 e. The van der Waals surface area contributed by atoms with Crippen LogP contribution in [0.4, 0.5) is 0 Å². The number of halogens is 1. The standard InChI is InChI=1S/C16H18BrN/c1-12-3-5-14(6-4-12)11-18-13(2)15-7-9-16(17)10-8-15/h3-10,13,18H,11H2,1-2H3/t13-/m1/s1. The number of hydrogen-bond donors (Lipinski definition) is 1. The molecule has 0 bridgehead atoms. The third-order valence-electron chi connectivity index (χ3n) is 3.10. The number of nitrogens with one attached hydrogen (secondary N) is 1. The lowest BCUT2D eigenvalue weighted by Gasteiger charge is -2.14. The van der Waals surface area contributed by atoms with Crippen LogP contribution >= 0.6 is 15.9 Å². The average molecular weight is 304 g/mol. The SMILES string of the molecule is Cc1ccc(CN[C@H](C)c2ccc(Br)cc2)cc1. The minimum Gasteiger partial charge on any atom is -0.306 e. The summed E-state index contributed by atoms with van der Waals surface area (Å²) in [6.07, 6.45) is 0. The lowest BCUT2D eigenvalue weighted by molar-refractivity contribution is 0.574. The molecule has 0 aliphatic rings. The van der Waals surface area contributed by atoms with Gasteiger partial charge in [0.2, 0.25) is 0 Å². The molecule has 0 aliphatic carbocycles. The quantitative estimate of drug-likeness (QED) is 0.870. The summed E-state index contributed by atoms with van der Waals surface area (Å²) in [5, 5.41) is 3.54. The van der Waals surface area contributed by atoms with Gasteiger partial charge < -0.3 is 5.32 Å². The van der Waals surface area contributed by atoms with Crippen LogP contribution in [0.1, 0.15) is 29.7 Å². The second-order valence-corrected chi connectivity index (χ2v) is 5.56. The molecule has 2 aromatic rings. The Bertz CT molecular complexity index is 488. The number of aryl methyl sites for hydroxylation is 1. The fourth-order valence-electron chi connectivity index (χ4n) is 1.85. The first-order valence-electron chi connectivity index (χ1n) is 6.19.